The Labute approximate surface area is 97.9 Å². The molecule has 4 N–H and O–H groups in total. The van der Waals surface area contributed by atoms with Gasteiger partial charge in [0.25, 0.3) is 5.91 Å². The molecule has 1 aromatic heterocycles. The number of rotatable bonds is 3. The van der Waals surface area contributed by atoms with Crippen LogP contribution in [0.3, 0.4) is 0 Å². The number of aromatic nitrogens is 2. The summed E-state index contributed by atoms with van der Waals surface area (Å²) in [6, 6.07) is 8.58. The summed E-state index contributed by atoms with van der Waals surface area (Å²) in [6.07, 6.45) is 3.10. The molecule has 1 amide bonds. The number of anilines is 2. The summed E-state index contributed by atoms with van der Waals surface area (Å²) < 4.78 is 0. The second-order valence-corrected chi connectivity index (χ2v) is 3.22. The van der Waals surface area contributed by atoms with Gasteiger partial charge in [0.2, 0.25) is 5.95 Å². The molecule has 86 valence electrons. The molecule has 0 spiro atoms. The highest BCUT2D eigenvalue weighted by molar-refractivity contribution is 6.07. The molecule has 0 bridgehead atoms. The Morgan fingerprint density at radius 2 is 1.82 bits per heavy atom. The highest BCUT2D eigenvalue weighted by Crippen LogP contribution is 2.14. The van der Waals surface area contributed by atoms with Gasteiger partial charge in [-0.3, -0.25) is 16.0 Å². The Morgan fingerprint density at radius 3 is 2.53 bits per heavy atom. The zero-order chi connectivity index (χ0) is 12.1. The lowest BCUT2D eigenvalue weighted by molar-refractivity contribution is 0.102. The van der Waals surface area contributed by atoms with Gasteiger partial charge in [-0.25, -0.2) is 9.97 Å². The molecule has 6 heteroatoms. The fraction of sp³-hybridized carbons (Fsp3) is 0. The number of para-hydroxylation sites is 1. The molecule has 2 aromatic rings. The van der Waals surface area contributed by atoms with Crippen molar-refractivity contribution in [2.75, 3.05) is 10.7 Å². The Bertz CT molecular complexity index is 514. The van der Waals surface area contributed by atoms with Gasteiger partial charge in [-0.1, -0.05) is 12.1 Å². The minimum absolute atomic E-state index is 0.254. The van der Waals surface area contributed by atoms with Crippen LogP contribution in [0.4, 0.5) is 11.6 Å². The molecule has 0 unspecified atom stereocenters. The maximum Gasteiger partial charge on any atom is 0.260 e. The molecule has 17 heavy (non-hydrogen) atoms. The van der Waals surface area contributed by atoms with Crippen LogP contribution >= 0.6 is 0 Å². The molecule has 0 aliphatic heterocycles. The summed E-state index contributed by atoms with van der Waals surface area (Å²) in [5.74, 6) is 5.26. The second-order valence-electron chi connectivity index (χ2n) is 3.22. The number of hydrogen-bond acceptors (Lipinski definition) is 5. The quantitative estimate of drug-likeness (QED) is 0.539. The molecule has 0 aliphatic carbocycles. The molecule has 0 saturated carbocycles. The number of hydrogen-bond donors (Lipinski definition) is 3. The van der Waals surface area contributed by atoms with Crippen molar-refractivity contribution in [2.45, 2.75) is 0 Å². The number of nitrogens with one attached hydrogen (secondary N) is 2. The second kappa shape index (κ2) is 5.04. The van der Waals surface area contributed by atoms with E-state index in [4.69, 9.17) is 5.84 Å². The van der Waals surface area contributed by atoms with Gasteiger partial charge in [0.1, 0.15) is 0 Å². The van der Waals surface area contributed by atoms with Gasteiger partial charge in [-0.05, 0) is 18.2 Å². The lowest BCUT2D eigenvalue weighted by Crippen LogP contribution is -2.18. The minimum atomic E-state index is -0.315. The standard InChI is InChI=1S/C11H11N5O/c12-16-9-5-2-1-4-8(9)10(17)15-11-13-6-3-7-14-11/h1-7,16H,12H2,(H,13,14,15,17). The van der Waals surface area contributed by atoms with E-state index >= 15 is 0 Å². The van der Waals surface area contributed by atoms with Crippen LogP contribution in [0.25, 0.3) is 0 Å². The van der Waals surface area contributed by atoms with E-state index in [9.17, 15) is 4.79 Å². The summed E-state index contributed by atoms with van der Waals surface area (Å²) in [6.45, 7) is 0. The van der Waals surface area contributed by atoms with Gasteiger partial charge >= 0.3 is 0 Å². The van der Waals surface area contributed by atoms with Crippen LogP contribution in [0.15, 0.2) is 42.7 Å². The number of nitrogens with two attached hydrogens (primary N) is 1. The zero-order valence-electron chi connectivity index (χ0n) is 8.92. The maximum absolute atomic E-state index is 11.9. The first-order valence-electron chi connectivity index (χ1n) is 4.95. The number of benzene rings is 1. The Hall–Kier alpha value is -2.47. The van der Waals surface area contributed by atoms with Crippen molar-refractivity contribution in [2.24, 2.45) is 5.84 Å². The molecule has 0 atom stereocenters. The lowest BCUT2D eigenvalue weighted by atomic mass is 10.1. The molecule has 0 radical (unpaired) electrons. The van der Waals surface area contributed by atoms with E-state index in [1.54, 1.807) is 42.7 Å². The van der Waals surface area contributed by atoms with E-state index in [0.29, 0.717) is 11.3 Å². The van der Waals surface area contributed by atoms with Gasteiger partial charge in [0.05, 0.1) is 11.3 Å². The number of carbonyl (C=O) groups excluding carboxylic acids is 1. The van der Waals surface area contributed by atoms with E-state index in [1.165, 1.54) is 0 Å². The Morgan fingerprint density at radius 1 is 1.12 bits per heavy atom. The van der Waals surface area contributed by atoms with Crippen LogP contribution in [0.2, 0.25) is 0 Å². The molecule has 6 nitrogen and oxygen atoms in total. The largest absolute Gasteiger partial charge is 0.323 e. The third kappa shape index (κ3) is 2.56. The van der Waals surface area contributed by atoms with E-state index < -0.39 is 0 Å². The van der Waals surface area contributed by atoms with Crippen LogP contribution < -0.4 is 16.6 Å². The fourth-order valence-corrected chi connectivity index (χ4v) is 1.34. The average molecular weight is 229 g/mol. The smallest absolute Gasteiger partial charge is 0.260 e. The predicted molar refractivity (Wildman–Crippen MR) is 64.2 cm³/mol. The van der Waals surface area contributed by atoms with E-state index in [0.717, 1.165) is 0 Å². The number of hydrazine groups is 1. The van der Waals surface area contributed by atoms with E-state index in [1.807, 2.05) is 0 Å². The van der Waals surface area contributed by atoms with Crippen molar-refractivity contribution in [1.82, 2.24) is 9.97 Å². The summed E-state index contributed by atoms with van der Waals surface area (Å²) in [7, 11) is 0. The molecular formula is C11H11N5O. The topological polar surface area (TPSA) is 92.9 Å². The van der Waals surface area contributed by atoms with Crippen LogP contribution in [0, 0.1) is 0 Å². The molecule has 0 saturated heterocycles. The van der Waals surface area contributed by atoms with Gasteiger partial charge < -0.3 is 5.43 Å². The summed E-state index contributed by atoms with van der Waals surface area (Å²) in [4.78, 5) is 19.7. The van der Waals surface area contributed by atoms with E-state index in [2.05, 4.69) is 20.7 Å². The summed E-state index contributed by atoms with van der Waals surface area (Å²) >= 11 is 0. The third-order valence-corrected chi connectivity index (χ3v) is 2.12. The molecule has 1 aromatic carbocycles. The molecule has 2 rings (SSSR count). The third-order valence-electron chi connectivity index (χ3n) is 2.12. The van der Waals surface area contributed by atoms with E-state index in [-0.39, 0.29) is 11.9 Å². The van der Waals surface area contributed by atoms with Crippen LogP contribution in [0.1, 0.15) is 10.4 Å². The van der Waals surface area contributed by atoms with Crippen LogP contribution in [-0.4, -0.2) is 15.9 Å². The molecule has 0 fully saturated rings. The van der Waals surface area contributed by atoms with Crippen LogP contribution in [-0.2, 0) is 0 Å². The normalized spacial score (nSPS) is 9.71. The summed E-state index contributed by atoms with van der Waals surface area (Å²) in [5, 5.41) is 2.58. The first-order chi connectivity index (χ1) is 8.31. The van der Waals surface area contributed by atoms with Crippen molar-refractivity contribution in [1.29, 1.82) is 0 Å². The fourth-order valence-electron chi connectivity index (χ4n) is 1.34. The van der Waals surface area contributed by atoms with Crippen molar-refractivity contribution >= 4 is 17.5 Å². The average Bonchev–Trinajstić information content (AvgIpc) is 2.40. The monoisotopic (exact) mass is 229 g/mol. The number of amides is 1. The Balaban J connectivity index is 2.20. The molecular weight excluding hydrogens is 218 g/mol. The first-order valence-corrected chi connectivity index (χ1v) is 4.95. The summed E-state index contributed by atoms with van der Waals surface area (Å²) in [5.41, 5.74) is 3.44. The van der Waals surface area contributed by atoms with Crippen molar-refractivity contribution in [3.05, 3.63) is 48.3 Å². The maximum atomic E-state index is 11.9. The van der Waals surface area contributed by atoms with Crippen molar-refractivity contribution in [3.63, 3.8) is 0 Å². The lowest BCUT2D eigenvalue weighted by Gasteiger charge is -2.07. The highest BCUT2D eigenvalue weighted by Gasteiger charge is 2.10. The van der Waals surface area contributed by atoms with Gasteiger partial charge in [0.15, 0.2) is 0 Å². The zero-order valence-corrected chi connectivity index (χ0v) is 8.92. The van der Waals surface area contributed by atoms with Gasteiger partial charge in [0, 0.05) is 12.4 Å². The number of nitrogens with zero attached hydrogens (tertiary/aromatic N) is 2. The molecule has 0 aliphatic rings. The number of nitrogen functional groups attached to an aromatic ring is 1. The van der Waals surface area contributed by atoms with Crippen molar-refractivity contribution in [3.8, 4) is 0 Å². The molecule has 1 heterocycles. The van der Waals surface area contributed by atoms with Crippen molar-refractivity contribution < 1.29 is 4.79 Å². The first kappa shape index (κ1) is 11.0. The van der Waals surface area contributed by atoms with Gasteiger partial charge in [-0.15, -0.1) is 0 Å². The number of carbonyl (C=O) groups is 1. The minimum Gasteiger partial charge on any atom is -0.323 e. The van der Waals surface area contributed by atoms with Gasteiger partial charge in [-0.2, -0.15) is 0 Å². The predicted octanol–water partition coefficient (Wildman–Crippen LogP) is 1.01. The SMILES string of the molecule is NNc1ccccc1C(=O)Nc1ncccn1. The highest BCUT2D eigenvalue weighted by atomic mass is 16.1. The Kier molecular flexibility index (Phi) is 3.27. The van der Waals surface area contributed by atoms with Crippen LogP contribution in [0.5, 0.6) is 0 Å².